The molecule has 6 rings (SSSR count). The molecule has 7 nitrogen and oxygen atoms in total. The minimum atomic E-state index is -1.31. The highest BCUT2D eigenvalue weighted by molar-refractivity contribution is 8.13. The van der Waals surface area contributed by atoms with Gasteiger partial charge < -0.3 is 9.84 Å². The van der Waals surface area contributed by atoms with Crippen molar-refractivity contribution in [2.45, 2.75) is 64.5 Å². The van der Waals surface area contributed by atoms with E-state index in [0.717, 1.165) is 17.3 Å². The van der Waals surface area contributed by atoms with Gasteiger partial charge in [-0.25, -0.2) is 4.39 Å². The SMILES string of the molecule is C#C.CC(=O)OCSC(=O)[C@@]12ON(Cc3ccc(Cl)cc3)C[C@@H]1CC1[C@@H]3C[C@H](F)C4=CC(=O)C=CC4(C)C3C(O)CC12C. The molecule has 5 unspecified atom stereocenters. The second kappa shape index (κ2) is 11.8. The summed E-state index contributed by atoms with van der Waals surface area (Å²) >= 11 is 6.99. The monoisotopic (exact) mass is 629 g/mol. The quantitative estimate of drug-likeness (QED) is 0.266. The number of alkyl halides is 1. The lowest BCUT2D eigenvalue weighted by atomic mass is 9.46. The van der Waals surface area contributed by atoms with Crippen LogP contribution in [0.2, 0.25) is 5.02 Å². The number of allylic oxidation sites excluding steroid dienone is 4. The van der Waals surface area contributed by atoms with Crippen LogP contribution in [0.4, 0.5) is 4.39 Å². The summed E-state index contributed by atoms with van der Waals surface area (Å²) in [5, 5.41) is 14.0. The second-order valence-electron chi connectivity index (χ2n) is 12.7. The van der Waals surface area contributed by atoms with Crippen LogP contribution in [0.15, 0.2) is 48.1 Å². The van der Waals surface area contributed by atoms with Crippen LogP contribution >= 0.6 is 23.4 Å². The average molecular weight is 630 g/mol. The van der Waals surface area contributed by atoms with E-state index in [1.165, 1.54) is 19.1 Å². The summed E-state index contributed by atoms with van der Waals surface area (Å²) in [7, 11) is 0. The smallest absolute Gasteiger partial charge is 0.303 e. The van der Waals surface area contributed by atoms with Crippen LogP contribution in [0.3, 0.4) is 0 Å². The van der Waals surface area contributed by atoms with Crippen LogP contribution in [0, 0.1) is 47.3 Å². The molecule has 0 radical (unpaired) electrons. The number of rotatable bonds is 5. The molecule has 0 bridgehead atoms. The normalized spacial score (nSPS) is 39.3. The Kier molecular flexibility index (Phi) is 8.76. The van der Waals surface area contributed by atoms with Crippen molar-refractivity contribution in [2.24, 2.45) is 34.5 Å². The van der Waals surface area contributed by atoms with Gasteiger partial charge in [0.05, 0.1) is 6.10 Å². The molecule has 0 aromatic heterocycles. The summed E-state index contributed by atoms with van der Waals surface area (Å²) in [4.78, 5) is 44.5. The number of benzene rings is 1. The Labute approximate surface area is 261 Å². The van der Waals surface area contributed by atoms with Crippen molar-refractivity contribution in [1.29, 1.82) is 0 Å². The van der Waals surface area contributed by atoms with Crippen LogP contribution in [0.25, 0.3) is 0 Å². The third-order valence-electron chi connectivity index (χ3n) is 10.6. The van der Waals surface area contributed by atoms with Crippen molar-refractivity contribution in [1.82, 2.24) is 5.06 Å². The molecule has 1 aromatic carbocycles. The molecular formula is C33H37ClFNO6S. The van der Waals surface area contributed by atoms with Gasteiger partial charge in [-0.1, -0.05) is 43.7 Å². The van der Waals surface area contributed by atoms with Crippen molar-refractivity contribution < 1.29 is 33.5 Å². The average Bonchev–Trinajstić information content (AvgIpc) is 3.43. The molecule has 1 aromatic rings. The number of hydrogen-bond acceptors (Lipinski definition) is 8. The number of hydrogen-bond donors (Lipinski definition) is 1. The van der Waals surface area contributed by atoms with E-state index in [1.807, 2.05) is 43.2 Å². The standard InChI is InChI=1S/C31H35ClFNO6S.C2H2/c1-17(35)39-16-41-28(38)31-19(15-34(40-31)14-18-4-6-20(32)7-5-18)10-23-22-12-25(33)24-11-21(36)8-9-29(24,2)27(22)26(37)13-30(23,31)3;1-2/h4-9,11,19,22-23,25-27,37H,10,12-16H2,1-3H3;1-2H/t19-,22-,23?,25-,26?,27?,29?,30?,31-;/m0./s1. The number of carbonyl (C=O) groups is 3. The number of esters is 1. The molecule has 9 atom stereocenters. The summed E-state index contributed by atoms with van der Waals surface area (Å²) in [5.74, 6) is -1.61. The van der Waals surface area contributed by atoms with Crippen molar-refractivity contribution in [3.8, 4) is 12.8 Å². The van der Waals surface area contributed by atoms with Crippen LogP contribution in [0.5, 0.6) is 0 Å². The Morgan fingerprint density at radius 2 is 1.93 bits per heavy atom. The van der Waals surface area contributed by atoms with Crippen LogP contribution in [-0.2, 0) is 30.5 Å². The van der Waals surface area contributed by atoms with E-state index in [0.29, 0.717) is 36.5 Å². The Balaban J connectivity index is 0.00000180. The van der Waals surface area contributed by atoms with Crippen LogP contribution < -0.4 is 0 Å². The van der Waals surface area contributed by atoms with E-state index in [1.54, 1.807) is 6.08 Å². The summed E-state index contributed by atoms with van der Waals surface area (Å²) in [5.41, 5.74) is -1.42. The highest BCUT2D eigenvalue weighted by Crippen LogP contribution is 2.71. The number of carbonyl (C=O) groups excluding carboxylic acids is 3. The first-order valence-electron chi connectivity index (χ1n) is 14.5. The number of aliphatic hydroxyl groups is 1. The molecule has 0 amide bonds. The molecule has 43 heavy (non-hydrogen) atoms. The topological polar surface area (TPSA) is 93.1 Å². The molecule has 1 aliphatic heterocycles. The highest BCUT2D eigenvalue weighted by Gasteiger charge is 2.75. The Hall–Kier alpha value is -2.48. The molecule has 5 aliphatic rings. The molecule has 230 valence electrons. The fraction of sp³-hybridized carbons (Fsp3) is 0.545. The molecule has 1 saturated heterocycles. The molecule has 0 spiro atoms. The first-order chi connectivity index (χ1) is 20.4. The van der Waals surface area contributed by atoms with E-state index in [4.69, 9.17) is 21.2 Å². The zero-order chi connectivity index (χ0) is 31.3. The first-order valence-corrected chi connectivity index (χ1v) is 15.9. The van der Waals surface area contributed by atoms with Gasteiger partial charge in [-0.2, -0.15) is 5.06 Å². The maximum absolute atomic E-state index is 15.8. The van der Waals surface area contributed by atoms with Crippen molar-refractivity contribution in [2.75, 3.05) is 12.5 Å². The number of halogens is 2. The number of terminal acetylenes is 1. The predicted octanol–water partition coefficient (Wildman–Crippen LogP) is 5.31. The van der Waals surface area contributed by atoms with Crippen LogP contribution in [-0.4, -0.2) is 57.4 Å². The second-order valence-corrected chi connectivity index (χ2v) is 14.0. The maximum atomic E-state index is 15.8. The van der Waals surface area contributed by atoms with Gasteiger partial charge in [-0.05, 0) is 78.3 Å². The fourth-order valence-electron chi connectivity index (χ4n) is 8.95. The van der Waals surface area contributed by atoms with E-state index < -0.39 is 34.7 Å². The molecule has 4 aliphatic carbocycles. The van der Waals surface area contributed by atoms with Gasteiger partial charge in [-0.3, -0.25) is 19.2 Å². The molecule has 10 heteroatoms. The fourth-order valence-corrected chi connectivity index (χ4v) is 10.1. The Morgan fingerprint density at radius 3 is 2.60 bits per heavy atom. The maximum Gasteiger partial charge on any atom is 0.303 e. The number of aliphatic hydroxyl groups excluding tert-OH is 1. The molecule has 1 heterocycles. The van der Waals surface area contributed by atoms with Gasteiger partial charge in [-0.15, -0.1) is 12.8 Å². The van der Waals surface area contributed by atoms with E-state index >= 15 is 4.39 Å². The van der Waals surface area contributed by atoms with Crippen molar-refractivity contribution in [3.63, 3.8) is 0 Å². The predicted molar refractivity (Wildman–Crippen MR) is 162 cm³/mol. The van der Waals surface area contributed by atoms with Crippen LogP contribution in [0.1, 0.15) is 45.6 Å². The molecule has 3 saturated carbocycles. The van der Waals surface area contributed by atoms with Gasteiger partial charge in [0.2, 0.25) is 5.12 Å². The summed E-state index contributed by atoms with van der Waals surface area (Å²) < 4.78 is 20.9. The summed E-state index contributed by atoms with van der Waals surface area (Å²) in [6.45, 7) is 6.17. The molecular weight excluding hydrogens is 593 g/mol. The zero-order valence-corrected chi connectivity index (χ0v) is 26.1. The third kappa shape index (κ3) is 5.09. The summed E-state index contributed by atoms with van der Waals surface area (Å²) in [6, 6.07) is 7.46. The molecule has 1 N–H and O–H groups in total. The minimum Gasteiger partial charge on any atom is -0.454 e. The van der Waals surface area contributed by atoms with E-state index in [2.05, 4.69) is 12.8 Å². The van der Waals surface area contributed by atoms with E-state index in [-0.39, 0.29) is 46.9 Å². The van der Waals surface area contributed by atoms with Gasteiger partial charge in [0, 0.05) is 47.7 Å². The number of hydroxylamine groups is 2. The molecule has 4 fully saturated rings. The van der Waals surface area contributed by atoms with Gasteiger partial charge in [0.15, 0.2) is 11.4 Å². The van der Waals surface area contributed by atoms with Crippen molar-refractivity contribution >= 4 is 40.2 Å². The number of fused-ring (bicyclic) bond motifs is 7. The minimum absolute atomic E-state index is 0.0838. The lowest BCUT2D eigenvalue weighted by Crippen LogP contribution is -2.63. The van der Waals surface area contributed by atoms with Gasteiger partial charge in [0.25, 0.3) is 0 Å². The third-order valence-corrected chi connectivity index (χ3v) is 11.6. The number of ether oxygens (including phenoxy) is 1. The van der Waals surface area contributed by atoms with Gasteiger partial charge >= 0.3 is 5.97 Å². The number of nitrogens with zero attached hydrogens (tertiary/aromatic N) is 1. The first kappa shape index (κ1) is 31.9. The Morgan fingerprint density at radius 1 is 1.23 bits per heavy atom. The number of thioether (sulfide) groups is 1. The lowest BCUT2D eigenvalue weighted by Gasteiger charge is -2.60. The van der Waals surface area contributed by atoms with E-state index in [9.17, 15) is 19.5 Å². The zero-order valence-electron chi connectivity index (χ0n) is 24.5. The number of ketones is 1. The van der Waals surface area contributed by atoms with Crippen molar-refractivity contribution in [3.05, 3.63) is 58.7 Å². The lowest BCUT2D eigenvalue weighted by molar-refractivity contribution is -0.250. The summed E-state index contributed by atoms with van der Waals surface area (Å²) in [6.07, 6.45) is 11.6. The van der Waals surface area contributed by atoms with Gasteiger partial charge in [0.1, 0.15) is 12.1 Å². The highest BCUT2D eigenvalue weighted by atomic mass is 35.5. The largest absolute Gasteiger partial charge is 0.454 e. The Bertz CT molecular complexity index is 1380.